The Hall–Kier alpha value is -1.93. The number of thiophene rings is 1. The summed E-state index contributed by atoms with van der Waals surface area (Å²) in [5, 5.41) is 4.89. The van der Waals surface area contributed by atoms with Crippen LogP contribution in [0.4, 0.5) is 5.00 Å². The smallest absolute Gasteiger partial charge is 0.340 e. The van der Waals surface area contributed by atoms with E-state index in [0.717, 1.165) is 0 Å². The Morgan fingerprint density at radius 3 is 2.90 bits per heavy atom. The van der Waals surface area contributed by atoms with Gasteiger partial charge in [0.05, 0.1) is 18.7 Å². The Balaban J connectivity index is 2.14. The summed E-state index contributed by atoms with van der Waals surface area (Å²) in [5.41, 5.74) is 5.83. The molecule has 2 amide bonds. The monoisotopic (exact) mass is 311 g/mol. The molecule has 0 radical (unpaired) electrons. The number of rotatable bonds is 4. The number of anilines is 1. The van der Waals surface area contributed by atoms with Crippen molar-refractivity contribution < 1.29 is 19.1 Å². The van der Waals surface area contributed by atoms with Gasteiger partial charge in [-0.05, 0) is 24.8 Å². The van der Waals surface area contributed by atoms with E-state index in [4.69, 9.17) is 10.5 Å². The van der Waals surface area contributed by atoms with Crippen molar-refractivity contribution in [3.05, 3.63) is 17.0 Å². The van der Waals surface area contributed by atoms with E-state index in [9.17, 15) is 14.4 Å². The van der Waals surface area contributed by atoms with Crippen molar-refractivity contribution in [2.24, 2.45) is 5.73 Å². The van der Waals surface area contributed by atoms with Crippen LogP contribution >= 0.6 is 11.3 Å². The molecular formula is C13H17N3O4S. The molecule has 1 saturated heterocycles. The third kappa shape index (κ3) is 3.06. The number of esters is 1. The van der Waals surface area contributed by atoms with E-state index >= 15 is 0 Å². The second kappa shape index (κ2) is 6.23. The van der Waals surface area contributed by atoms with Gasteiger partial charge in [0, 0.05) is 6.54 Å². The largest absolute Gasteiger partial charge is 0.465 e. The fourth-order valence-corrected chi connectivity index (χ4v) is 3.01. The summed E-state index contributed by atoms with van der Waals surface area (Å²) in [6, 6.07) is 0.350. The molecule has 0 aliphatic carbocycles. The molecule has 0 spiro atoms. The predicted octanol–water partition coefficient (Wildman–Crippen LogP) is 0.103. The standard InChI is InChI=1S/C13H17N3O4S/c1-7(14)10(17)15-9-3-5-16(11(9)18)12-8(4-6-21-12)13(19)20-2/h4,6-7,9H,3,5,14H2,1-2H3,(H,15,17)/t7-,9?/m0/s1. The second-order valence-electron chi connectivity index (χ2n) is 4.76. The number of amides is 2. The van der Waals surface area contributed by atoms with E-state index in [1.165, 1.54) is 23.3 Å². The summed E-state index contributed by atoms with van der Waals surface area (Å²) in [5.74, 6) is -1.09. The first-order chi connectivity index (χ1) is 9.95. The number of nitrogens with two attached hydrogens (primary N) is 1. The molecule has 8 heteroatoms. The second-order valence-corrected chi connectivity index (χ2v) is 5.65. The lowest BCUT2D eigenvalue weighted by Crippen LogP contribution is -2.47. The van der Waals surface area contributed by atoms with Crippen molar-refractivity contribution in [1.29, 1.82) is 0 Å². The fourth-order valence-electron chi connectivity index (χ4n) is 2.09. The molecule has 1 aromatic rings. The molecule has 114 valence electrons. The maximum absolute atomic E-state index is 12.4. The first-order valence-electron chi connectivity index (χ1n) is 6.48. The Bertz CT molecular complexity index is 570. The lowest BCUT2D eigenvalue weighted by atomic mass is 10.2. The van der Waals surface area contributed by atoms with Crippen molar-refractivity contribution in [3.63, 3.8) is 0 Å². The van der Waals surface area contributed by atoms with Gasteiger partial charge in [0.2, 0.25) is 11.8 Å². The van der Waals surface area contributed by atoms with Gasteiger partial charge in [0.25, 0.3) is 0 Å². The maximum Gasteiger partial charge on any atom is 0.340 e. The van der Waals surface area contributed by atoms with E-state index in [1.54, 1.807) is 18.4 Å². The number of carbonyl (C=O) groups is 3. The normalized spacial score (nSPS) is 19.5. The van der Waals surface area contributed by atoms with Gasteiger partial charge in [-0.1, -0.05) is 0 Å². The summed E-state index contributed by atoms with van der Waals surface area (Å²) < 4.78 is 4.70. The summed E-state index contributed by atoms with van der Waals surface area (Å²) in [7, 11) is 1.29. The van der Waals surface area contributed by atoms with Crippen LogP contribution < -0.4 is 16.0 Å². The highest BCUT2D eigenvalue weighted by Crippen LogP contribution is 2.31. The third-order valence-electron chi connectivity index (χ3n) is 3.23. The Labute approximate surface area is 126 Å². The van der Waals surface area contributed by atoms with E-state index in [1.807, 2.05) is 0 Å². The molecule has 1 aliphatic rings. The van der Waals surface area contributed by atoms with Crippen molar-refractivity contribution in [2.45, 2.75) is 25.4 Å². The van der Waals surface area contributed by atoms with Gasteiger partial charge < -0.3 is 20.7 Å². The van der Waals surface area contributed by atoms with Crippen LogP contribution in [0.25, 0.3) is 0 Å². The number of methoxy groups -OCH3 is 1. The fraction of sp³-hybridized carbons (Fsp3) is 0.462. The van der Waals surface area contributed by atoms with Gasteiger partial charge in [-0.15, -0.1) is 11.3 Å². The number of carbonyl (C=O) groups excluding carboxylic acids is 3. The van der Waals surface area contributed by atoms with Crippen molar-refractivity contribution in [1.82, 2.24) is 5.32 Å². The van der Waals surface area contributed by atoms with Crippen LogP contribution in [-0.4, -0.2) is 43.5 Å². The molecule has 1 aromatic heterocycles. The SMILES string of the molecule is COC(=O)c1ccsc1N1CCC(NC(=O)[C@H](C)N)C1=O. The van der Waals surface area contributed by atoms with Gasteiger partial charge in [-0.2, -0.15) is 0 Å². The molecule has 21 heavy (non-hydrogen) atoms. The predicted molar refractivity (Wildman–Crippen MR) is 78.2 cm³/mol. The zero-order valence-electron chi connectivity index (χ0n) is 11.8. The minimum atomic E-state index is -0.667. The van der Waals surface area contributed by atoms with Crippen molar-refractivity contribution in [3.8, 4) is 0 Å². The average Bonchev–Trinajstić information content (AvgIpc) is 3.05. The number of hydrogen-bond acceptors (Lipinski definition) is 6. The van der Waals surface area contributed by atoms with Crippen LogP contribution in [0.15, 0.2) is 11.4 Å². The van der Waals surface area contributed by atoms with Crippen LogP contribution in [0.5, 0.6) is 0 Å². The van der Waals surface area contributed by atoms with E-state index in [0.29, 0.717) is 23.5 Å². The molecule has 7 nitrogen and oxygen atoms in total. The van der Waals surface area contributed by atoms with E-state index in [-0.39, 0.29) is 11.8 Å². The molecule has 2 atom stereocenters. The molecule has 3 N–H and O–H groups in total. The van der Waals surface area contributed by atoms with Crippen LogP contribution in [-0.2, 0) is 14.3 Å². The van der Waals surface area contributed by atoms with E-state index < -0.39 is 18.1 Å². The zero-order valence-corrected chi connectivity index (χ0v) is 12.6. The lowest BCUT2D eigenvalue weighted by Gasteiger charge is -2.17. The Morgan fingerprint density at radius 1 is 1.57 bits per heavy atom. The van der Waals surface area contributed by atoms with E-state index in [2.05, 4.69) is 5.32 Å². The minimum Gasteiger partial charge on any atom is -0.465 e. The Morgan fingerprint density at radius 2 is 2.29 bits per heavy atom. The molecule has 2 rings (SSSR count). The molecule has 0 aromatic carbocycles. The highest BCUT2D eigenvalue weighted by Gasteiger charge is 2.36. The summed E-state index contributed by atoms with van der Waals surface area (Å²) >= 11 is 1.29. The van der Waals surface area contributed by atoms with Gasteiger partial charge in [0.15, 0.2) is 0 Å². The van der Waals surface area contributed by atoms with Crippen LogP contribution in [0, 0.1) is 0 Å². The molecule has 0 saturated carbocycles. The number of nitrogens with one attached hydrogen (secondary N) is 1. The number of nitrogens with zero attached hydrogens (tertiary/aromatic N) is 1. The quantitative estimate of drug-likeness (QED) is 0.768. The summed E-state index contributed by atoms with van der Waals surface area (Å²) in [4.78, 5) is 37.1. The van der Waals surface area contributed by atoms with Crippen molar-refractivity contribution >= 4 is 34.1 Å². The van der Waals surface area contributed by atoms with Crippen LogP contribution in [0.2, 0.25) is 0 Å². The lowest BCUT2D eigenvalue weighted by molar-refractivity contribution is -0.127. The molecule has 0 bridgehead atoms. The van der Waals surface area contributed by atoms with Crippen LogP contribution in [0.3, 0.4) is 0 Å². The van der Waals surface area contributed by atoms with Gasteiger partial charge in [-0.25, -0.2) is 4.79 Å². The molecule has 1 unspecified atom stereocenters. The first kappa shape index (κ1) is 15.5. The highest BCUT2D eigenvalue weighted by molar-refractivity contribution is 7.14. The Kier molecular flexibility index (Phi) is 4.59. The van der Waals surface area contributed by atoms with Crippen molar-refractivity contribution in [2.75, 3.05) is 18.6 Å². The molecule has 1 aliphatic heterocycles. The first-order valence-corrected chi connectivity index (χ1v) is 7.36. The number of hydrogen-bond donors (Lipinski definition) is 2. The minimum absolute atomic E-state index is 0.239. The molecule has 2 heterocycles. The van der Waals surface area contributed by atoms with Gasteiger partial charge >= 0.3 is 5.97 Å². The third-order valence-corrected chi connectivity index (χ3v) is 4.17. The number of ether oxygens (including phenoxy) is 1. The molecular weight excluding hydrogens is 294 g/mol. The van der Waals surface area contributed by atoms with Gasteiger partial charge in [-0.3, -0.25) is 9.59 Å². The van der Waals surface area contributed by atoms with Crippen LogP contribution in [0.1, 0.15) is 23.7 Å². The zero-order chi connectivity index (χ0) is 15.6. The molecule has 1 fully saturated rings. The summed E-state index contributed by atoms with van der Waals surface area (Å²) in [6.45, 7) is 1.99. The maximum atomic E-state index is 12.4. The topological polar surface area (TPSA) is 102 Å². The summed E-state index contributed by atoms with van der Waals surface area (Å²) in [6.07, 6.45) is 0.482. The average molecular weight is 311 g/mol. The van der Waals surface area contributed by atoms with Gasteiger partial charge in [0.1, 0.15) is 11.0 Å². The highest BCUT2D eigenvalue weighted by atomic mass is 32.1.